The largest absolute Gasteiger partial charge is 0.382 e. The Morgan fingerprint density at radius 2 is 1.44 bits per heavy atom. The van der Waals surface area contributed by atoms with Gasteiger partial charge in [-0.05, 0) is 48.4 Å². The van der Waals surface area contributed by atoms with Crippen molar-refractivity contribution in [1.29, 1.82) is 0 Å². The van der Waals surface area contributed by atoms with Crippen LogP contribution in [0.4, 0.5) is 15.8 Å². The Bertz CT molecular complexity index is 839. The fourth-order valence-electron chi connectivity index (χ4n) is 3.53. The predicted molar refractivity (Wildman–Crippen MR) is 107 cm³/mol. The van der Waals surface area contributed by atoms with Crippen LogP contribution < -0.4 is 10.6 Å². The second-order valence-corrected chi connectivity index (χ2v) is 6.83. The van der Waals surface area contributed by atoms with Crippen molar-refractivity contribution in [1.82, 2.24) is 0 Å². The second-order valence-electron chi connectivity index (χ2n) is 6.83. The van der Waals surface area contributed by atoms with Gasteiger partial charge in [-0.2, -0.15) is 0 Å². The lowest BCUT2D eigenvalue weighted by Gasteiger charge is -2.21. The van der Waals surface area contributed by atoms with E-state index in [0.717, 1.165) is 29.9 Å². The van der Waals surface area contributed by atoms with Gasteiger partial charge in [-0.25, -0.2) is 4.39 Å². The van der Waals surface area contributed by atoms with Crippen molar-refractivity contribution in [2.45, 2.75) is 24.7 Å². The van der Waals surface area contributed by atoms with Crippen LogP contribution in [0.2, 0.25) is 0 Å². The van der Waals surface area contributed by atoms with Crippen LogP contribution in [0, 0.1) is 5.82 Å². The third-order valence-electron chi connectivity index (χ3n) is 4.85. The third kappa shape index (κ3) is 4.47. The number of benzene rings is 3. The predicted octanol–water partition coefficient (Wildman–Crippen LogP) is 5.25. The van der Waals surface area contributed by atoms with E-state index in [0.29, 0.717) is 0 Å². The summed E-state index contributed by atoms with van der Waals surface area (Å²) in [4.78, 5) is 0. The van der Waals surface area contributed by atoms with E-state index in [9.17, 15) is 4.39 Å². The molecular weight excluding hydrogens is 339 g/mol. The maximum absolute atomic E-state index is 13.3. The minimum absolute atomic E-state index is 0.0708. The molecule has 0 unspecified atom stereocenters. The van der Waals surface area contributed by atoms with Crippen molar-refractivity contribution >= 4 is 11.4 Å². The molecule has 1 aliphatic heterocycles. The van der Waals surface area contributed by atoms with E-state index in [1.54, 1.807) is 0 Å². The summed E-state index contributed by atoms with van der Waals surface area (Å²) < 4.78 is 19.7. The number of hydrogen-bond donors (Lipinski definition) is 2. The van der Waals surface area contributed by atoms with Crippen LogP contribution in [0.15, 0.2) is 84.9 Å². The van der Waals surface area contributed by atoms with Gasteiger partial charge in [-0.1, -0.05) is 48.5 Å². The molecule has 27 heavy (non-hydrogen) atoms. The van der Waals surface area contributed by atoms with E-state index >= 15 is 0 Å². The molecule has 0 radical (unpaired) electrons. The van der Waals surface area contributed by atoms with Crippen LogP contribution in [-0.2, 0) is 4.74 Å². The Hall–Kier alpha value is -2.85. The van der Waals surface area contributed by atoms with Gasteiger partial charge in [-0.15, -0.1) is 0 Å². The first-order valence-electron chi connectivity index (χ1n) is 9.29. The quantitative estimate of drug-likeness (QED) is 0.628. The molecule has 3 atom stereocenters. The highest BCUT2D eigenvalue weighted by Crippen LogP contribution is 2.35. The van der Waals surface area contributed by atoms with E-state index < -0.39 is 0 Å². The molecule has 0 amide bonds. The molecule has 0 bridgehead atoms. The molecule has 0 saturated carbocycles. The minimum atomic E-state index is -0.230. The molecule has 0 aliphatic carbocycles. The summed E-state index contributed by atoms with van der Waals surface area (Å²) in [7, 11) is 0. The molecular formula is C23H23FN2O. The normalized spacial score (nSPS) is 21.7. The molecule has 1 heterocycles. The molecule has 4 heteroatoms. The average Bonchev–Trinajstić information content (AvgIpc) is 3.11. The number of para-hydroxylation sites is 2. The van der Waals surface area contributed by atoms with Gasteiger partial charge in [0.15, 0.2) is 0 Å². The van der Waals surface area contributed by atoms with Crippen LogP contribution in [0.5, 0.6) is 0 Å². The molecule has 2 N–H and O–H groups in total. The number of halogens is 1. The molecule has 3 nitrogen and oxygen atoms in total. The van der Waals surface area contributed by atoms with E-state index in [1.807, 2.05) is 60.7 Å². The van der Waals surface area contributed by atoms with Crippen molar-refractivity contribution < 1.29 is 9.13 Å². The van der Waals surface area contributed by atoms with Gasteiger partial charge in [0.05, 0.1) is 12.1 Å². The lowest BCUT2D eigenvalue weighted by atomic mass is 10.0. The summed E-state index contributed by atoms with van der Waals surface area (Å²) in [6.45, 7) is 0.731. The zero-order valence-corrected chi connectivity index (χ0v) is 15.0. The first-order chi connectivity index (χ1) is 13.3. The summed E-state index contributed by atoms with van der Waals surface area (Å²) in [5, 5.41) is 7.03. The maximum Gasteiger partial charge on any atom is 0.123 e. The molecule has 0 spiro atoms. The maximum atomic E-state index is 13.3. The van der Waals surface area contributed by atoms with E-state index in [2.05, 4.69) is 22.8 Å². The zero-order valence-electron chi connectivity index (χ0n) is 15.0. The lowest BCUT2D eigenvalue weighted by Crippen LogP contribution is -2.23. The molecule has 4 rings (SSSR count). The number of nitrogens with one attached hydrogen (secondary N) is 2. The first kappa shape index (κ1) is 17.6. The Morgan fingerprint density at radius 3 is 2.11 bits per heavy atom. The summed E-state index contributed by atoms with van der Waals surface area (Å²) >= 11 is 0. The smallest absolute Gasteiger partial charge is 0.123 e. The first-order valence-corrected chi connectivity index (χ1v) is 9.29. The Labute approximate surface area is 159 Å². The fraction of sp³-hybridized carbons (Fsp3) is 0.217. The molecule has 3 aromatic carbocycles. The Kier molecular flexibility index (Phi) is 5.35. The van der Waals surface area contributed by atoms with E-state index in [4.69, 9.17) is 4.74 Å². The van der Waals surface area contributed by atoms with Crippen LogP contribution in [0.25, 0.3) is 0 Å². The number of ether oxygens (including phenoxy) is 1. The fourth-order valence-corrected chi connectivity index (χ4v) is 3.53. The monoisotopic (exact) mass is 362 g/mol. The van der Waals surface area contributed by atoms with Gasteiger partial charge in [0.25, 0.3) is 0 Å². The third-order valence-corrected chi connectivity index (χ3v) is 4.85. The second kappa shape index (κ2) is 8.23. The van der Waals surface area contributed by atoms with Crippen LogP contribution in [0.1, 0.15) is 18.1 Å². The Balaban J connectivity index is 1.48. The van der Waals surface area contributed by atoms with Crippen molar-refractivity contribution in [3.63, 3.8) is 0 Å². The molecule has 1 fully saturated rings. The van der Waals surface area contributed by atoms with Crippen molar-refractivity contribution in [2.75, 3.05) is 17.2 Å². The van der Waals surface area contributed by atoms with Crippen LogP contribution in [0.3, 0.4) is 0 Å². The molecule has 0 aromatic heterocycles. The molecule has 138 valence electrons. The zero-order chi connectivity index (χ0) is 18.5. The average molecular weight is 362 g/mol. The van der Waals surface area contributed by atoms with Crippen LogP contribution in [-0.4, -0.2) is 18.7 Å². The summed E-state index contributed by atoms with van der Waals surface area (Å²) in [6.07, 6.45) is 0.825. The SMILES string of the molecule is Fc1ccc([C@H]2O[C@@H](CNc3ccccc3)C[C@@H]2Nc2ccccc2)cc1. The van der Waals surface area contributed by atoms with Gasteiger partial charge in [-0.3, -0.25) is 0 Å². The molecule has 1 aliphatic rings. The van der Waals surface area contributed by atoms with Gasteiger partial charge in [0.1, 0.15) is 11.9 Å². The van der Waals surface area contributed by atoms with Crippen molar-refractivity contribution in [3.8, 4) is 0 Å². The van der Waals surface area contributed by atoms with Gasteiger partial charge in [0.2, 0.25) is 0 Å². The van der Waals surface area contributed by atoms with Crippen molar-refractivity contribution in [2.24, 2.45) is 0 Å². The topological polar surface area (TPSA) is 33.3 Å². The van der Waals surface area contributed by atoms with Gasteiger partial charge >= 0.3 is 0 Å². The van der Waals surface area contributed by atoms with Crippen molar-refractivity contribution in [3.05, 3.63) is 96.3 Å². The van der Waals surface area contributed by atoms with Gasteiger partial charge in [0, 0.05) is 17.9 Å². The van der Waals surface area contributed by atoms with Crippen LogP contribution >= 0.6 is 0 Å². The van der Waals surface area contributed by atoms with E-state index in [-0.39, 0.29) is 24.1 Å². The summed E-state index contributed by atoms with van der Waals surface area (Å²) in [5.74, 6) is -0.230. The Morgan fingerprint density at radius 1 is 0.815 bits per heavy atom. The van der Waals surface area contributed by atoms with Gasteiger partial charge < -0.3 is 15.4 Å². The molecule has 1 saturated heterocycles. The highest BCUT2D eigenvalue weighted by atomic mass is 19.1. The number of rotatable bonds is 6. The molecule has 3 aromatic rings. The lowest BCUT2D eigenvalue weighted by molar-refractivity contribution is 0.0498. The standard InChI is InChI=1S/C23H23FN2O/c24-18-13-11-17(12-14-18)23-22(26-20-9-5-2-6-10-20)15-21(27-23)16-25-19-7-3-1-4-8-19/h1-14,21-23,25-26H,15-16H2/t21-,22+,23-/m1/s1. The summed E-state index contributed by atoms with van der Waals surface area (Å²) in [5.41, 5.74) is 3.14. The summed E-state index contributed by atoms with van der Waals surface area (Å²) in [6, 6.07) is 27.0. The highest BCUT2D eigenvalue weighted by molar-refractivity contribution is 5.45. The number of hydrogen-bond acceptors (Lipinski definition) is 3. The minimum Gasteiger partial charge on any atom is -0.382 e. The number of anilines is 2. The van der Waals surface area contributed by atoms with E-state index in [1.165, 1.54) is 12.1 Å². The highest BCUT2D eigenvalue weighted by Gasteiger charge is 2.36.